The van der Waals surface area contributed by atoms with E-state index in [4.69, 9.17) is 5.73 Å². The van der Waals surface area contributed by atoms with Crippen molar-refractivity contribution in [1.82, 2.24) is 8.96 Å². The fraction of sp³-hybridized carbons (Fsp3) is 0.0625. The predicted molar refractivity (Wildman–Crippen MR) is 84.5 cm³/mol. The molecular formula is C16H14FN3O2S. The average Bonchev–Trinajstić information content (AvgIpc) is 3.01. The van der Waals surface area contributed by atoms with Crippen LogP contribution in [0.25, 0.3) is 11.3 Å². The Morgan fingerprint density at radius 3 is 2.61 bits per heavy atom. The second-order valence-corrected chi connectivity index (χ2v) is 6.72. The van der Waals surface area contributed by atoms with E-state index in [2.05, 4.69) is 4.98 Å². The zero-order valence-corrected chi connectivity index (χ0v) is 12.9. The first-order chi connectivity index (χ1) is 11.0. The molecule has 5 nitrogen and oxygen atoms in total. The predicted octanol–water partition coefficient (Wildman–Crippen LogP) is 2.38. The summed E-state index contributed by atoms with van der Waals surface area (Å²) in [6, 6.07) is 10.6. The van der Waals surface area contributed by atoms with Crippen LogP contribution in [0.3, 0.4) is 0 Å². The van der Waals surface area contributed by atoms with Gasteiger partial charge in [0, 0.05) is 30.7 Å². The molecule has 23 heavy (non-hydrogen) atoms. The van der Waals surface area contributed by atoms with Gasteiger partial charge in [-0.15, -0.1) is 0 Å². The van der Waals surface area contributed by atoms with E-state index in [1.54, 1.807) is 18.2 Å². The van der Waals surface area contributed by atoms with Crippen LogP contribution in [0.1, 0.15) is 5.56 Å². The van der Waals surface area contributed by atoms with Crippen LogP contribution in [-0.2, 0) is 16.6 Å². The van der Waals surface area contributed by atoms with E-state index in [1.165, 1.54) is 42.9 Å². The number of pyridine rings is 1. The molecule has 2 heterocycles. The van der Waals surface area contributed by atoms with Crippen LogP contribution in [0.4, 0.5) is 4.39 Å². The summed E-state index contributed by atoms with van der Waals surface area (Å²) < 4.78 is 40.8. The van der Waals surface area contributed by atoms with E-state index in [-0.39, 0.29) is 22.7 Å². The maximum absolute atomic E-state index is 14.1. The zero-order chi connectivity index (χ0) is 16.4. The van der Waals surface area contributed by atoms with Crippen molar-refractivity contribution in [3.63, 3.8) is 0 Å². The van der Waals surface area contributed by atoms with Crippen molar-refractivity contribution in [3.05, 3.63) is 72.4 Å². The number of halogens is 1. The average molecular weight is 331 g/mol. The second kappa shape index (κ2) is 5.94. The van der Waals surface area contributed by atoms with Crippen molar-refractivity contribution < 1.29 is 12.8 Å². The van der Waals surface area contributed by atoms with Crippen LogP contribution < -0.4 is 5.73 Å². The van der Waals surface area contributed by atoms with Crippen LogP contribution >= 0.6 is 0 Å². The van der Waals surface area contributed by atoms with Crippen LogP contribution in [-0.4, -0.2) is 17.4 Å². The van der Waals surface area contributed by atoms with Crippen molar-refractivity contribution in [3.8, 4) is 11.3 Å². The van der Waals surface area contributed by atoms with E-state index in [9.17, 15) is 12.8 Å². The van der Waals surface area contributed by atoms with Gasteiger partial charge >= 0.3 is 0 Å². The van der Waals surface area contributed by atoms with Crippen molar-refractivity contribution in [2.24, 2.45) is 5.73 Å². The molecule has 0 amide bonds. The summed E-state index contributed by atoms with van der Waals surface area (Å²) in [5.74, 6) is -0.503. The minimum absolute atomic E-state index is 0.0248. The van der Waals surface area contributed by atoms with Gasteiger partial charge in [0.25, 0.3) is 10.0 Å². The molecule has 118 valence electrons. The van der Waals surface area contributed by atoms with Gasteiger partial charge in [-0.25, -0.2) is 16.8 Å². The van der Waals surface area contributed by atoms with Crippen molar-refractivity contribution in [2.75, 3.05) is 0 Å². The van der Waals surface area contributed by atoms with E-state index in [0.29, 0.717) is 5.56 Å². The molecule has 2 N–H and O–H groups in total. The van der Waals surface area contributed by atoms with Crippen molar-refractivity contribution in [2.45, 2.75) is 11.4 Å². The van der Waals surface area contributed by atoms with Gasteiger partial charge in [-0.1, -0.05) is 12.1 Å². The van der Waals surface area contributed by atoms with E-state index in [0.717, 1.165) is 3.97 Å². The number of nitrogens with zero attached hydrogens (tertiary/aromatic N) is 2. The maximum Gasteiger partial charge on any atom is 0.269 e. The van der Waals surface area contributed by atoms with E-state index in [1.807, 2.05) is 0 Å². The molecular weight excluding hydrogens is 317 g/mol. The topological polar surface area (TPSA) is 78.0 Å². The lowest BCUT2D eigenvalue weighted by Gasteiger charge is -2.10. The van der Waals surface area contributed by atoms with Crippen LogP contribution in [0.5, 0.6) is 0 Å². The van der Waals surface area contributed by atoms with Gasteiger partial charge < -0.3 is 5.73 Å². The Morgan fingerprint density at radius 2 is 1.96 bits per heavy atom. The first-order valence-electron chi connectivity index (χ1n) is 6.86. The number of rotatable bonds is 4. The Labute approximate surface area is 133 Å². The summed E-state index contributed by atoms with van der Waals surface area (Å²) in [6.07, 6.45) is 4.14. The molecule has 0 fully saturated rings. The summed E-state index contributed by atoms with van der Waals surface area (Å²) >= 11 is 0. The molecule has 2 aromatic heterocycles. The highest BCUT2D eigenvalue weighted by molar-refractivity contribution is 7.90. The zero-order valence-electron chi connectivity index (χ0n) is 12.1. The molecule has 0 saturated heterocycles. The van der Waals surface area contributed by atoms with Gasteiger partial charge in [0.1, 0.15) is 10.7 Å². The maximum atomic E-state index is 14.1. The molecule has 0 spiro atoms. The third-order valence-corrected chi connectivity index (χ3v) is 5.08. The molecule has 1 aromatic carbocycles. The van der Waals surface area contributed by atoms with E-state index >= 15 is 0 Å². The first-order valence-corrected chi connectivity index (χ1v) is 8.30. The number of hydrogen-bond donors (Lipinski definition) is 1. The Kier molecular flexibility index (Phi) is 3.97. The fourth-order valence-corrected chi connectivity index (χ4v) is 3.64. The number of benzene rings is 1. The molecule has 0 aliphatic heterocycles. The van der Waals surface area contributed by atoms with E-state index < -0.39 is 15.8 Å². The molecule has 3 aromatic rings. The third-order valence-electron chi connectivity index (χ3n) is 3.42. The highest BCUT2D eigenvalue weighted by Gasteiger charge is 2.23. The van der Waals surface area contributed by atoms with Crippen LogP contribution in [0.15, 0.2) is 66.0 Å². The number of hydrogen-bond acceptors (Lipinski definition) is 4. The fourth-order valence-electron chi connectivity index (χ4n) is 2.29. The van der Waals surface area contributed by atoms with Crippen LogP contribution in [0, 0.1) is 5.82 Å². The minimum Gasteiger partial charge on any atom is -0.326 e. The standard InChI is InChI=1S/C16H14FN3O2S/c17-15-6-2-1-5-14(15)16-8-12(9-18)11-20(16)23(21,22)13-4-3-7-19-10-13/h1-8,10-11H,9,18H2. The van der Waals surface area contributed by atoms with Gasteiger partial charge in [0.2, 0.25) is 0 Å². The monoisotopic (exact) mass is 331 g/mol. The molecule has 0 atom stereocenters. The Morgan fingerprint density at radius 1 is 1.17 bits per heavy atom. The summed E-state index contributed by atoms with van der Waals surface area (Å²) in [4.78, 5) is 3.86. The molecule has 0 bridgehead atoms. The Bertz CT molecular complexity index is 937. The summed E-state index contributed by atoms with van der Waals surface area (Å²) in [5, 5.41) is 0. The Balaban J connectivity index is 2.25. The SMILES string of the molecule is NCc1cc(-c2ccccc2F)n(S(=O)(=O)c2cccnc2)c1. The summed E-state index contributed by atoms with van der Waals surface area (Å²) in [5.41, 5.74) is 6.63. The van der Waals surface area contributed by atoms with Gasteiger partial charge in [-0.2, -0.15) is 0 Å². The second-order valence-electron chi connectivity index (χ2n) is 4.91. The van der Waals surface area contributed by atoms with Gasteiger partial charge in [0.15, 0.2) is 0 Å². The molecule has 0 unspecified atom stereocenters. The highest BCUT2D eigenvalue weighted by Crippen LogP contribution is 2.28. The third kappa shape index (κ3) is 2.76. The Hall–Kier alpha value is -2.51. The molecule has 0 aliphatic rings. The van der Waals surface area contributed by atoms with Gasteiger partial charge in [-0.05, 0) is 35.9 Å². The minimum atomic E-state index is -3.89. The molecule has 3 rings (SSSR count). The normalized spacial score (nSPS) is 11.6. The smallest absolute Gasteiger partial charge is 0.269 e. The quantitative estimate of drug-likeness (QED) is 0.796. The lowest BCUT2D eigenvalue weighted by atomic mass is 10.1. The van der Waals surface area contributed by atoms with Crippen molar-refractivity contribution in [1.29, 1.82) is 0 Å². The van der Waals surface area contributed by atoms with Gasteiger partial charge in [0.05, 0.1) is 5.69 Å². The first kappa shape index (κ1) is 15.4. The summed E-state index contributed by atoms with van der Waals surface area (Å²) in [6.45, 7) is 0.150. The number of nitrogens with two attached hydrogens (primary N) is 1. The lowest BCUT2D eigenvalue weighted by Crippen LogP contribution is -2.13. The summed E-state index contributed by atoms with van der Waals surface area (Å²) in [7, 11) is -3.89. The van der Waals surface area contributed by atoms with Crippen LogP contribution in [0.2, 0.25) is 0 Å². The van der Waals surface area contributed by atoms with Gasteiger partial charge in [-0.3, -0.25) is 4.98 Å². The molecule has 0 saturated carbocycles. The molecule has 0 radical (unpaired) electrons. The molecule has 7 heteroatoms. The lowest BCUT2D eigenvalue weighted by molar-refractivity contribution is 0.587. The highest BCUT2D eigenvalue weighted by atomic mass is 32.2. The largest absolute Gasteiger partial charge is 0.326 e. The number of aromatic nitrogens is 2. The molecule has 0 aliphatic carbocycles. The van der Waals surface area contributed by atoms with Crippen molar-refractivity contribution >= 4 is 10.0 Å².